The Labute approximate surface area is 153 Å². The fourth-order valence-electron chi connectivity index (χ4n) is 2.34. The molecule has 2 aromatic heterocycles. The molecule has 3 rings (SSSR count). The first kappa shape index (κ1) is 17.7. The van der Waals surface area contributed by atoms with Gasteiger partial charge in [-0.2, -0.15) is 9.37 Å². The summed E-state index contributed by atoms with van der Waals surface area (Å²) in [4.78, 5) is 30.5. The molecule has 0 unspecified atom stereocenters. The molecule has 0 radical (unpaired) electrons. The second-order valence-corrected chi connectivity index (χ2v) is 6.07. The van der Waals surface area contributed by atoms with E-state index in [-0.39, 0.29) is 22.9 Å². The molecule has 0 bridgehead atoms. The summed E-state index contributed by atoms with van der Waals surface area (Å²) in [6.45, 7) is 0. The van der Waals surface area contributed by atoms with Crippen molar-refractivity contribution in [3.8, 4) is 5.75 Å². The largest absolute Gasteiger partial charge is 0.494 e. The number of aromatic nitrogens is 3. The molecule has 1 N–H and O–H groups in total. The summed E-state index contributed by atoms with van der Waals surface area (Å²) in [5, 5.41) is 14.3. The third kappa shape index (κ3) is 3.08. The first-order valence-corrected chi connectivity index (χ1v) is 7.92. The van der Waals surface area contributed by atoms with Crippen molar-refractivity contribution in [2.24, 2.45) is 7.05 Å². The van der Waals surface area contributed by atoms with E-state index in [0.29, 0.717) is 15.5 Å². The second-order valence-electron chi connectivity index (χ2n) is 5.22. The summed E-state index contributed by atoms with van der Waals surface area (Å²) in [6.07, 6.45) is 1.49. The smallest absolute Gasteiger partial charge is 0.307 e. The van der Waals surface area contributed by atoms with E-state index in [1.807, 2.05) is 0 Å². The van der Waals surface area contributed by atoms with Crippen LogP contribution >= 0.6 is 15.9 Å². The number of pyridine rings is 1. The zero-order chi connectivity index (χ0) is 19.0. The highest BCUT2D eigenvalue weighted by molar-refractivity contribution is 9.10. The molecule has 0 saturated carbocycles. The highest BCUT2D eigenvalue weighted by Crippen LogP contribution is 2.33. The van der Waals surface area contributed by atoms with Crippen molar-refractivity contribution in [3.05, 3.63) is 55.2 Å². The van der Waals surface area contributed by atoms with Crippen molar-refractivity contribution in [2.45, 2.75) is 0 Å². The number of nitro benzene ring substituents is 1. The average Bonchev–Trinajstić information content (AvgIpc) is 2.61. The minimum Gasteiger partial charge on any atom is -0.494 e. The number of nitrogens with one attached hydrogen (secondary N) is 1. The lowest BCUT2D eigenvalue weighted by Gasteiger charge is -2.11. The minimum absolute atomic E-state index is 0.0430. The van der Waals surface area contributed by atoms with E-state index in [0.717, 1.165) is 12.1 Å². The first-order chi connectivity index (χ1) is 12.3. The van der Waals surface area contributed by atoms with Crippen LogP contribution in [-0.4, -0.2) is 26.6 Å². The molecular formula is C15H11BrFN5O4. The van der Waals surface area contributed by atoms with Gasteiger partial charge in [-0.25, -0.2) is 4.98 Å². The third-order valence-corrected chi connectivity index (χ3v) is 4.19. The highest BCUT2D eigenvalue weighted by Gasteiger charge is 2.19. The fraction of sp³-hybridized carbons (Fsp3) is 0.133. The third-order valence-electron chi connectivity index (χ3n) is 3.62. The van der Waals surface area contributed by atoms with Crippen LogP contribution in [0.3, 0.4) is 0 Å². The topological polar surface area (TPSA) is 112 Å². The molecule has 0 fully saturated rings. The van der Waals surface area contributed by atoms with Gasteiger partial charge in [-0.3, -0.25) is 19.5 Å². The van der Waals surface area contributed by atoms with Gasteiger partial charge in [0.1, 0.15) is 11.4 Å². The van der Waals surface area contributed by atoms with Crippen LogP contribution in [0.1, 0.15) is 0 Å². The van der Waals surface area contributed by atoms with Crippen molar-refractivity contribution in [1.29, 1.82) is 0 Å². The molecule has 3 aromatic rings. The van der Waals surface area contributed by atoms with E-state index >= 15 is 0 Å². The lowest BCUT2D eigenvalue weighted by Crippen LogP contribution is -2.18. The SMILES string of the molecule is COc1cc(F)c([N+](=O)[O-])cc1Nc1ncc2cc(Br)c(=O)n(C)c2n1. The summed E-state index contributed by atoms with van der Waals surface area (Å²) < 4.78 is 20.5. The van der Waals surface area contributed by atoms with Gasteiger partial charge in [0.15, 0.2) is 0 Å². The Morgan fingerprint density at radius 2 is 2.12 bits per heavy atom. The number of rotatable bonds is 4. The Hall–Kier alpha value is -3.08. The number of fused-ring (bicyclic) bond motifs is 1. The molecule has 0 aliphatic carbocycles. The van der Waals surface area contributed by atoms with Gasteiger partial charge in [0.05, 0.1) is 22.2 Å². The van der Waals surface area contributed by atoms with Gasteiger partial charge in [0, 0.05) is 30.8 Å². The maximum atomic E-state index is 13.7. The Morgan fingerprint density at radius 1 is 1.38 bits per heavy atom. The Bertz CT molecular complexity index is 1100. The predicted octanol–water partition coefficient (Wildman–Crippen LogP) is 2.89. The standard InChI is InChI=1S/C15H11BrFN5O4/c1-21-13-7(3-8(16)14(21)23)6-18-15(20-13)19-10-5-11(22(24)25)9(17)4-12(10)26-2/h3-6H,1-2H3,(H,18,19,20). The molecule has 0 aliphatic heterocycles. The van der Waals surface area contributed by atoms with Crippen LogP contribution in [0.4, 0.5) is 21.7 Å². The number of methoxy groups -OCH3 is 1. The number of hydrogen-bond acceptors (Lipinski definition) is 7. The quantitative estimate of drug-likeness (QED) is 0.506. The number of aryl methyl sites for hydroxylation is 1. The first-order valence-electron chi connectivity index (χ1n) is 7.13. The van der Waals surface area contributed by atoms with E-state index < -0.39 is 16.4 Å². The van der Waals surface area contributed by atoms with Gasteiger partial charge in [-0.1, -0.05) is 0 Å². The molecule has 0 atom stereocenters. The Balaban J connectivity index is 2.10. The summed E-state index contributed by atoms with van der Waals surface area (Å²) in [6, 6.07) is 3.47. The maximum absolute atomic E-state index is 13.7. The van der Waals surface area contributed by atoms with Gasteiger partial charge in [-0.15, -0.1) is 0 Å². The van der Waals surface area contributed by atoms with E-state index in [1.54, 1.807) is 13.1 Å². The number of benzene rings is 1. The van der Waals surface area contributed by atoms with E-state index in [1.165, 1.54) is 17.9 Å². The van der Waals surface area contributed by atoms with Crippen LogP contribution in [-0.2, 0) is 7.05 Å². The van der Waals surface area contributed by atoms with Crippen LogP contribution in [0.5, 0.6) is 5.75 Å². The molecule has 0 saturated heterocycles. The Morgan fingerprint density at radius 3 is 2.77 bits per heavy atom. The van der Waals surface area contributed by atoms with Crippen molar-refractivity contribution < 1.29 is 14.1 Å². The lowest BCUT2D eigenvalue weighted by atomic mass is 10.2. The van der Waals surface area contributed by atoms with Gasteiger partial charge < -0.3 is 10.1 Å². The van der Waals surface area contributed by atoms with E-state index in [4.69, 9.17) is 4.74 Å². The molecule has 9 nitrogen and oxygen atoms in total. The lowest BCUT2D eigenvalue weighted by molar-refractivity contribution is -0.387. The molecule has 1 aromatic carbocycles. The van der Waals surface area contributed by atoms with Gasteiger partial charge in [0.2, 0.25) is 11.8 Å². The molecule has 11 heteroatoms. The highest BCUT2D eigenvalue weighted by atomic mass is 79.9. The minimum atomic E-state index is -1.02. The molecule has 0 amide bonds. The molecule has 2 heterocycles. The van der Waals surface area contributed by atoms with Crippen molar-refractivity contribution in [3.63, 3.8) is 0 Å². The molecule has 26 heavy (non-hydrogen) atoms. The second kappa shape index (κ2) is 6.67. The maximum Gasteiger partial charge on any atom is 0.307 e. The van der Waals surface area contributed by atoms with Crippen LogP contribution in [0.15, 0.2) is 33.7 Å². The number of ether oxygens (including phenoxy) is 1. The van der Waals surface area contributed by atoms with Crippen LogP contribution < -0.4 is 15.6 Å². The van der Waals surface area contributed by atoms with Crippen LogP contribution in [0.2, 0.25) is 0 Å². The zero-order valence-corrected chi connectivity index (χ0v) is 15.1. The van der Waals surface area contributed by atoms with Gasteiger partial charge >= 0.3 is 5.69 Å². The van der Waals surface area contributed by atoms with Crippen molar-refractivity contribution in [1.82, 2.24) is 14.5 Å². The normalized spacial score (nSPS) is 10.8. The number of nitro groups is 1. The van der Waals surface area contributed by atoms with Gasteiger partial charge in [0.25, 0.3) is 5.56 Å². The Kier molecular flexibility index (Phi) is 4.55. The summed E-state index contributed by atoms with van der Waals surface area (Å²) >= 11 is 3.17. The molecule has 0 spiro atoms. The van der Waals surface area contributed by atoms with E-state index in [2.05, 4.69) is 31.2 Å². The number of halogens is 2. The van der Waals surface area contributed by atoms with Gasteiger partial charge in [-0.05, 0) is 22.0 Å². The molecular weight excluding hydrogens is 413 g/mol. The van der Waals surface area contributed by atoms with Crippen molar-refractivity contribution >= 4 is 44.3 Å². The summed E-state index contributed by atoms with van der Waals surface area (Å²) in [5.41, 5.74) is -0.532. The molecule has 0 aliphatic rings. The van der Waals surface area contributed by atoms with Crippen LogP contribution in [0, 0.1) is 15.9 Å². The van der Waals surface area contributed by atoms with Crippen LogP contribution in [0.25, 0.3) is 11.0 Å². The summed E-state index contributed by atoms with van der Waals surface area (Å²) in [7, 11) is 2.85. The fourth-order valence-corrected chi connectivity index (χ4v) is 2.85. The number of anilines is 2. The van der Waals surface area contributed by atoms with E-state index in [9.17, 15) is 19.3 Å². The number of nitrogens with zero attached hydrogens (tertiary/aromatic N) is 4. The van der Waals surface area contributed by atoms with Crippen molar-refractivity contribution in [2.75, 3.05) is 12.4 Å². The monoisotopic (exact) mass is 423 g/mol. The summed E-state index contributed by atoms with van der Waals surface area (Å²) in [5.74, 6) is -0.917. The average molecular weight is 424 g/mol. The zero-order valence-electron chi connectivity index (χ0n) is 13.5. The predicted molar refractivity (Wildman–Crippen MR) is 95.4 cm³/mol. The number of hydrogen-bond donors (Lipinski definition) is 1. The molecule has 134 valence electrons.